The van der Waals surface area contributed by atoms with E-state index >= 15 is 0 Å². The number of hydrogen-bond acceptors (Lipinski definition) is 14. The average molecular weight is 751 g/mol. The molecule has 1 aromatic heterocycles. The smallest absolute Gasteiger partial charge is 0.300 e. The molecule has 2 aromatic rings. The lowest BCUT2D eigenvalue weighted by molar-refractivity contribution is -0.214. The minimum atomic E-state index is -0.924. The molecule has 2 fully saturated rings. The van der Waals surface area contributed by atoms with Crippen molar-refractivity contribution in [3.63, 3.8) is 0 Å². The number of aromatic nitrogens is 1. The maximum absolute atomic E-state index is 13.3. The number of carbonyl (C=O) groups is 3. The van der Waals surface area contributed by atoms with E-state index < -0.39 is 35.5 Å². The number of aryl methyl sites for hydroxylation is 1. The molecule has 282 valence electrons. The molecule has 3 unspecified atom stereocenters. The Kier molecular flexibility index (Phi) is 15.9. The number of ether oxygens (including phenoxy) is 1. The Hall–Kier alpha value is -3.97. The first-order valence-electron chi connectivity index (χ1n) is 16.9. The number of amides is 2. The second kappa shape index (κ2) is 19.6. The average Bonchev–Trinajstić information content (AvgIpc) is 3.55. The highest BCUT2D eigenvalue weighted by atomic mass is 32.2. The summed E-state index contributed by atoms with van der Waals surface area (Å²) in [5.74, 6) is -0.0580. The van der Waals surface area contributed by atoms with E-state index in [1.807, 2.05) is 39.0 Å². The van der Waals surface area contributed by atoms with Crippen LogP contribution in [0.4, 0.5) is 5.13 Å². The van der Waals surface area contributed by atoms with Gasteiger partial charge in [0.05, 0.1) is 5.54 Å². The quantitative estimate of drug-likeness (QED) is 0.0599. The van der Waals surface area contributed by atoms with Gasteiger partial charge in [-0.2, -0.15) is 9.35 Å². The molecule has 0 spiro atoms. The van der Waals surface area contributed by atoms with E-state index in [4.69, 9.17) is 39.8 Å². The van der Waals surface area contributed by atoms with E-state index in [1.54, 1.807) is 19.2 Å². The van der Waals surface area contributed by atoms with Crippen LogP contribution in [0.25, 0.3) is 0 Å². The van der Waals surface area contributed by atoms with Crippen LogP contribution >= 0.6 is 23.7 Å². The number of piperidine rings is 1. The number of rotatable bonds is 12. The molecule has 3 aliphatic heterocycles. The highest BCUT2D eigenvalue weighted by Gasteiger charge is 2.57. The molecule has 0 bridgehead atoms. The number of β-lactam (4-membered cyclic amide) rings is 1. The maximum atomic E-state index is 13.3. The van der Waals surface area contributed by atoms with Crippen LogP contribution in [-0.4, -0.2) is 92.5 Å². The van der Waals surface area contributed by atoms with E-state index in [0.29, 0.717) is 18.2 Å². The van der Waals surface area contributed by atoms with Gasteiger partial charge in [-0.15, -0.1) is 11.3 Å². The number of hydroxylamine groups is 2. The summed E-state index contributed by atoms with van der Waals surface area (Å²) >= 11 is 1.19. The fraction of sp³-hybridized carbons (Fsp3) is 0.576. The number of carbonyl (C=O) groups excluding carboxylic acids is 2. The van der Waals surface area contributed by atoms with E-state index in [2.05, 4.69) is 25.8 Å². The highest BCUT2D eigenvalue weighted by Crippen LogP contribution is 2.34. The van der Waals surface area contributed by atoms with Crippen LogP contribution in [0.1, 0.15) is 84.0 Å². The Bertz CT molecular complexity index is 1540. The third kappa shape index (κ3) is 11.3. The minimum absolute atomic E-state index is 0.0497. The van der Waals surface area contributed by atoms with E-state index in [9.17, 15) is 9.59 Å². The van der Waals surface area contributed by atoms with E-state index in [0.717, 1.165) is 72.7 Å². The number of nitrogens with zero attached hydrogens (tertiary/aromatic N) is 4. The largest absolute Gasteiger partial charge is 0.486 e. The Labute approximate surface area is 306 Å². The Morgan fingerprint density at radius 3 is 2.57 bits per heavy atom. The first-order chi connectivity index (χ1) is 24.3. The van der Waals surface area contributed by atoms with Crippen LogP contribution in [0.5, 0.6) is 5.75 Å². The zero-order valence-electron chi connectivity index (χ0n) is 29.9. The number of fused-ring (bicyclic) bond motifs is 1. The van der Waals surface area contributed by atoms with Crippen molar-refractivity contribution in [2.75, 3.05) is 25.4 Å². The number of aliphatic carboxylic acids is 1. The SMILES string of the molecule is CC.CC(=O)O.CC(O/N=C(\C(=O)NC1C(=O)N(OSO)C1(C)C)c1csc(N)n1)C1CCc2cc(C(N)=NCCC3CCNCC3)ccc2O1. The summed E-state index contributed by atoms with van der Waals surface area (Å²) in [5.41, 5.74) is 13.2. The lowest BCUT2D eigenvalue weighted by Crippen LogP contribution is -2.76. The fourth-order valence-electron chi connectivity index (χ4n) is 5.69. The molecular weight excluding hydrogens is 701 g/mol. The molecule has 3 atom stereocenters. The summed E-state index contributed by atoms with van der Waals surface area (Å²) < 4.78 is 20.1. The Morgan fingerprint density at radius 1 is 1.27 bits per heavy atom. The van der Waals surface area contributed by atoms with Gasteiger partial charge < -0.3 is 41.3 Å². The van der Waals surface area contributed by atoms with Crippen LogP contribution in [-0.2, 0) is 29.9 Å². The van der Waals surface area contributed by atoms with Crippen molar-refractivity contribution in [2.45, 2.75) is 97.4 Å². The molecule has 0 saturated carbocycles. The van der Waals surface area contributed by atoms with Crippen LogP contribution < -0.4 is 26.8 Å². The number of aliphatic imine (C=N–C) groups is 1. The number of thiazole rings is 1. The van der Waals surface area contributed by atoms with E-state index in [-0.39, 0.29) is 35.0 Å². The number of carboxylic acid groups (broad SMARTS) is 1. The summed E-state index contributed by atoms with van der Waals surface area (Å²) in [6.45, 7) is 13.1. The first kappa shape index (κ1) is 41.5. The summed E-state index contributed by atoms with van der Waals surface area (Å²) in [6, 6.07) is 4.92. The number of nitrogens with two attached hydrogens (primary N) is 2. The van der Waals surface area contributed by atoms with Crippen LogP contribution in [0.15, 0.2) is 33.7 Å². The molecule has 0 radical (unpaired) electrons. The molecule has 4 heterocycles. The lowest BCUT2D eigenvalue weighted by Gasteiger charge is -2.50. The van der Waals surface area contributed by atoms with Gasteiger partial charge >= 0.3 is 0 Å². The molecule has 51 heavy (non-hydrogen) atoms. The Morgan fingerprint density at radius 2 is 1.96 bits per heavy atom. The van der Waals surface area contributed by atoms with Gasteiger partial charge in [-0.05, 0) is 95.6 Å². The molecule has 2 saturated heterocycles. The fourth-order valence-corrected chi connectivity index (χ4v) is 6.57. The normalized spacial score (nSPS) is 20.6. The monoisotopic (exact) mass is 750 g/mol. The number of nitrogen functional groups attached to an aromatic ring is 1. The zero-order chi connectivity index (χ0) is 37.7. The predicted octanol–water partition coefficient (Wildman–Crippen LogP) is 3.60. The van der Waals surface area contributed by atoms with Crippen molar-refractivity contribution in [3.05, 3.63) is 40.4 Å². The van der Waals surface area contributed by atoms with Crippen LogP contribution in [0.2, 0.25) is 0 Å². The number of oxime groups is 1. The summed E-state index contributed by atoms with van der Waals surface area (Å²) in [7, 11) is 0. The molecule has 18 heteroatoms. The number of anilines is 1. The third-order valence-electron chi connectivity index (χ3n) is 8.48. The van der Waals surface area contributed by atoms with Crippen molar-refractivity contribution in [1.29, 1.82) is 0 Å². The second-order valence-corrected chi connectivity index (χ2v) is 13.6. The highest BCUT2D eigenvalue weighted by molar-refractivity contribution is 7.88. The van der Waals surface area contributed by atoms with Crippen molar-refractivity contribution < 1.29 is 37.9 Å². The van der Waals surface area contributed by atoms with E-state index in [1.165, 1.54) is 12.8 Å². The van der Waals surface area contributed by atoms with Gasteiger partial charge in [-0.1, -0.05) is 19.0 Å². The standard InChI is InChI=1S/C29H40N8O6S2.C2H4O2.C2H6/c1-16(21-6-4-18-14-19(5-7-22(18)41-21)25(30)33-13-10-17-8-11-32-12-9-17)42-36-23(20-15-44-28(31)34-20)26(38)35-24-27(39)37(43-45-40)29(24,2)3;1-2(3)4;1-2/h5,7,14-17,21,24,32,40H,4,6,8-13H2,1-3H3,(H2,30,33)(H2,31,34)(H,35,38);1H3,(H,3,4);1-2H3/b36-23-;;. The topological polar surface area (TPSA) is 236 Å². The number of nitrogens with one attached hydrogen (secondary N) is 2. The number of amidine groups is 1. The van der Waals surface area contributed by atoms with Gasteiger partial charge in [0, 0.05) is 24.4 Å². The molecule has 5 rings (SSSR count). The van der Waals surface area contributed by atoms with Gasteiger partial charge in [0.25, 0.3) is 17.8 Å². The van der Waals surface area contributed by atoms with Gasteiger partial charge in [0.2, 0.25) is 0 Å². The second-order valence-electron chi connectivity index (χ2n) is 12.4. The molecule has 16 nitrogen and oxygen atoms in total. The molecule has 8 N–H and O–H groups in total. The van der Waals surface area contributed by atoms with Crippen molar-refractivity contribution in [1.82, 2.24) is 20.7 Å². The molecule has 0 aliphatic carbocycles. The van der Waals surface area contributed by atoms with Crippen molar-refractivity contribution >= 4 is 58.1 Å². The third-order valence-corrected chi connectivity index (χ3v) is 9.37. The first-order valence-corrected chi connectivity index (χ1v) is 18.5. The van der Waals surface area contributed by atoms with Crippen LogP contribution in [0, 0.1) is 5.92 Å². The molecular formula is C33H50N8O8S2. The lowest BCUT2D eigenvalue weighted by atomic mass is 9.84. The van der Waals surface area contributed by atoms with Crippen molar-refractivity contribution in [2.24, 2.45) is 21.8 Å². The van der Waals surface area contributed by atoms with Crippen molar-refractivity contribution in [3.8, 4) is 5.75 Å². The van der Waals surface area contributed by atoms with Gasteiger partial charge in [-0.25, -0.2) is 4.98 Å². The van der Waals surface area contributed by atoms with Gasteiger partial charge in [0.15, 0.2) is 29.3 Å². The predicted molar refractivity (Wildman–Crippen MR) is 197 cm³/mol. The summed E-state index contributed by atoms with van der Waals surface area (Å²) in [6.07, 6.45) is 3.97. The van der Waals surface area contributed by atoms with Gasteiger partial charge in [-0.3, -0.25) is 19.4 Å². The summed E-state index contributed by atoms with van der Waals surface area (Å²) in [4.78, 5) is 49.5. The van der Waals surface area contributed by atoms with Crippen LogP contribution in [0.3, 0.4) is 0 Å². The summed E-state index contributed by atoms with van der Waals surface area (Å²) in [5, 5.41) is 20.4. The molecule has 2 amide bonds. The minimum Gasteiger partial charge on any atom is -0.486 e. The maximum Gasteiger partial charge on any atom is 0.300 e. The zero-order valence-corrected chi connectivity index (χ0v) is 31.5. The molecule has 3 aliphatic rings. The number of benzene rings is 1. The number of carboxylic acids is 1. The Balaban J connectivity index is 0.00000109. The van der Waals surface area contributed by atoms with Gasteiger partial charge in [0.1, 0.15) is 29.4 Å². The number of hydrogen-bond donors (Lipinski definition) is 6. The molecule has 1 aromatic carbocycles.